The summed E-state index contributed by atoms with van der Waals surface area (Å²) in [5.74, 6) is 0.210. The number of aryl methyl sites for hydroxylation is 1. The number of aromatic nitrogens is 2. The van der Waals surface area contributed by atoms with Crippen molar-refractivity contribution < 1.29 is 17.9 Å². The highest BCUT2D eigenvalue weighted by atomic mass is 35.5. The predicted octanol–water partition coefficient (Wildman–Crippen LogP) is 4.02. The van der Waals surface area contributed by atoms with Gasteiger partial charge < -0.3 is 4.74 Å². The standard InChI is InChI=1S/C19H18Cl2N4O4S2/c1-29-16-7-3-2-5-12(16)6-4-10-22-31(27,28)19-25-24-18(30-19)23-17(26)14-9-8-13(20)11-15(14)21/h2-3,5,7-9,11,22H,4,6,10H2,1H3,(H,23,24,26). The highest BCUT2D eigenvalue weighted by Gasteiger charge is 2.21. The predicted molar refractivity (Wildman–Crippen MR) is 121 cm³/mol. The Kier molecular flexibility index (Phi) is 7.84. The van der Waals surface area contributed by atoms with Crippen LogP contribution in [0, 0.1) is 0 Å². The average Bonchev–Trinajstić information content (AvgIpc) is 3.21. The highest BCUT2D eigenvalue weighted by molar-refractivity contribution is 7.91. The Morgan fingerprint density at radius 3 is 2.68 bits per heavy atom. The normalized spacial score (nSPS) is 11.3. The van der Waals surface area contributed by atoms with Gasteiger partial charge in [-0.2, -0.15) is 0 Å². The van der Waals surface area contributed by atoms with Crippen molar-refractivity contribution in [1.82, 2.24) is 14.9 Å². The van der Waals surface area contributed by atoms with E-state index in [0.717, 1.165) is 22.6 Å². The van der Waals surface area contributed by atoms with Crippen molar-refractivity contribution in [3.63, 3.8) is 0 Å². The Bertz CT molecular complexity index is 1190. The van der Waals surface area contributed by atoms with Gasteiger partial charge in [0.1, 0.15) is 5.75 Å². The third-order valence-corrected chi connectivity index (χ3v) is 7.36. The Hall–Kier alpha value is -2.24. The number of carbonyl (C=O) groups excluding carboxylic acids is 1. The van der Waals surface area contributed by atoms with Gasteiger partial charge in [0, 0.05) is 11.6 Å². The van der Waals surface area contributed by atoms with Crippen LogP contribution in [-0.4, -0.2) is 38.2 Å². The number of carbonyl (C=O) groups is 1. The molecule has 0 unspecified atom stereocenters. The summed E-state index contributed by atoms with van der Waals surface area (Å²) >= 11 is 12.6. The lowest BCUT2D eigenvalue weighted by Crippen LogP contribution is -2.25. The fraction of sp³-hybridized carbons (Fsp3) is 0.211. The van der Waals surface area contributed by atoms with Crippen LogP contribution in [0.15, 0.2) is 46.8 Å². The molecule has 0 aliphatic rings. The van der Waals surface area contributed by atoms with Crippen LogP contribution >= 0.6 is 34.5 Å². The molecule has 0 saturated heterocycles. The lowest BCUT2D eigenvalue weighted by molar-refractivity contribution is 0.102. The summed E-state index contributed by atoms with van der Waals surface area (Å²) in [7, 11) is -2.26. The molecule has 1 aromatic heterocycles. The van der Waals surface area contributed by atoms with Crippen molar-refractivity contribution >= 4 is 55.6 Å². The van der Waals surface area contributed by atoms with E-state index in [1.807, 2.05) is 24.3 Å². The molecule has 0 aliphatic heterocycles. The molecule has 0 atom stereocenters. The second-order valence-electron chi connectivity index (χ2n) is 6.26. The maximum Gasteiger partial charge on any atom is 0.269 e. The van der Waals surface area contributed by atoms with E-state index < -0.39 is 15.9 Å². The lowest BCUT2D eigenvalue weighted by atomic mass is 10.1. The summed E-state index contributed by atoms with van der Waals surface area (Å²) in [6, 6.07) is 12.0. The summed E-state index contributed by atoms with van der Waals surface area (Å²) in [5, 5.41) is 10.5. The molecule has 0 fully saturated rings. The average molecular weight is 501 g/mol. The number of anilines is 1. The summed E-state index contributed by atoms with van der Waals surface area (Å²) in [5.41, 5.74) is 1.17. The molecule has 0 bridgehead atoms. The molecule has 1 amide bonds. The van der Waals surface area contributed by atoms with Crippen molar-refractivity contribution in [2.75, 3.05) is 19.0 Å². The van der Waals surface area contributed by atoms with E-state index in [0.29, 0.717) is 17.9 Å². The number of hydrogen-bond donors (Lipinski definition) is 2. The number of benzene rings is 2. The molecule has 2 aromatic carbocycles. The fourth-order valence-electron chi connectivity index (χ4n) is 2.66. The number of methoxy groups -OCH3 is 1. The van der Waals surface area contributed by atoms with Crippen LogP contribution in [0.1, 0.15) is 22.3 Å². The van der Waals surface area contributed by atoms with Gasteiger partial charge in [0.25, 0.3) is 15.9 Å². The molecule has 8 nitrogen and oxygen atoms in total. The summed E-state index contributed by atoms with van der Waals surface area (Å²) < 4.78 is 32.4. The Morgan fingerprint density at radius 1 is 1.16 bits per heavy atom. The molecule has 3 aromatic rings. The molecule has 0 saturated carbocycles. The molecular formula is C19H18Cl2N4O4S2. The Balaban J connectivity index is 1.57. The van der Waals surface area contributed by atoms with Crippen LogP contribution < -0.4 is 14.8 Å². The first-order chi connectivity index (χ1) is 14.8. The monoisotopic (exact) mass is 500 g/mol. The lowest BCUT2D eigenvalue weighted by Gasteiger charge is -2.08. The number of nitrogens with zero attached hydrogens (tertiary/aromatic N) is 2. The van der Waals surface area contributed by atoms with E-state index in [1.54, 1.807) is 7.11 Å². The van der Waals surface area contributed by atoms with Crippen molar-refractivity contribution in [2.45, 2.75) is 17.2 Å². The maximum atomic E-state index is 12.5. The zero-order valence-electron chi connectivity index (χ0n) is 16.3. The maximum absolute atomic E-state index is 12.5. The SMILES string of the molecule is COc1ccccc1CCCNS(=O)(=O)c1nnc(NC(=O)c2ccc(Cl)cc2Cl)s1. The molecule has 12 heteroatoms. The van der Waals surface area contributed by atoms with Crippen LogP contribution in [0.2, 0.25) is 10.0 Å². The van der Waals surface area contributed by atoms with Crippen LogP contribution in [0.3, 0.4) is 0 Å². The van der Waals surface area contributed by atoms with E-state index in [9.17, 15) is 13.2 Å². The quantitative estimate of drug-likeness (QED) is 0.339. The number of para-hydroxylation sites is 1. The van der Waals surface area contributed by atoms with Gasteiger partial charge in [0.05, 0.1) is 17.7 Å². The van der Waals surface area contributed by atoms with Gasteiger partial charge in [-0.15, -0.1) is 10.2 Å². The van der Waals surface area contributed by atoms with Crippen molar-refractivity contribution in [1.29, 1.82) is 0 Å². The molecule has 31 heavy (non-hydrogen) atoms. The number of sulfonamides is 1. The first-order valence-electron chi connectivity index (χ1n) is 9.01. The Labute approximate surface area is 193 Å². The molecule has 0 aliphatic carbocycles. The zero-order valence-corrected chi connectivity index (χ0v) is 19.4. The van der Waals surface area contributed by atoms with E-state index in [2.05, 4.69) is 20.2 Å². The highest BCUT2D eigenvalue weighted by Crippen LogP contribution is 2.24. The number of hydrogen-bond acceptors (Lipinski definition) is 7. The zero-order chi connectivity index (χ0) is 22.4. The largest absolute Gasteiger partial charge is 0.496 e. The number of amides is 1. The first kappa shape index (κ1) is 23.4. The Morgan fingerprint density at radius 2 is 1.94 bits per heavy atom. The molecule has 2 N–H and O–H groups in total. The molecule has 0 spiro atoms. The number of halogens is 2. The third kappa shape index (κ3) is 6.14. The topological polar surface area (TPSA) is 110 Å². The second kappa shape index (κ2) is 10.4. The smallest absolute Gasteiger partial charge is 0.269 e. The van der Waals surface area contributed by atoms with E-state index in [1.165, 1.54) is 18.2 Å². The molecule has 0 radical (unpaired) electrons. The third-order valence-electron chi connectivity index (χ3n) is 4.14. The molecule has 164 valence electrons. The molecule has 1 heterocycles. The van der Waals surface area contributed by atoms with Crippen LogP contribution in [0.5, 0.6) is 5.75 Å². The van der Waals surface area contributed by atoms with Gasteiger partial charge in [-0.05, 0) is 42.7 Å². The minimum Gasteiger partial charge on any atom is -0.496 e. The fourth-order valence-corrected chi connectivity index (χ4v) is 5.17. The first-order valence-corrected chi connectivity index (χ1v) is 12.1. The van der Waals surface area contributed by atoms with Gasteiger partial charge in [-0.25, -0.2) is 13.1 Å². The molecule has 3 rings (SSSR count). The van der Waals surface area contributed by atoms with Crippen molar-refractivity contribution in [3.8, 4) is 5.75 Å². The van der Waals surface area contributed by atoms with Crippen molar-refractivity contribution in [2.24, 2.45) is 0 Å². The summed E-state index contributed by atoms with van der Waals surface area (Å²) in [6.07, 6.45) is 1.21. The number of ether oxygens (including phenoxy) is 1. The summed E-state index contributed by atoms with van der Waals surface area (Å²) in [4.78, 5) is 12.3. The minimum atomic E-state index is -3.85. The van der Waals surface area contributed by atoms with E-state index >= 15 is 0 Å². The number of rotatable bonds is 9. The van der Waals surface area contributed by atoms with E-state index in [4.69, 9.17) is 27.9 Å². The summed E-state index contributed by atoms with van der Waals surface area (Å²) in [6.45, 7) is 0.210. The van der Waals surface area contributed by atoms with Gasteiger partial charge in [-0.1, -0.05) is 52.7 Å². The van der Waals surface area contributed by atoms with Gasteiger partial charge in [0.15, 0.2) is 0 Å². The van der Waals surface area contributed by atoms with Gasteiger partial charge in [0.2, 0.25) is 9.47 Å². The van der Waals surface area contributed by atoms with Gasteiger partial charge in [-0.3, -0.25) is 10.1 Å². The number of nitrogens with one attached hydrogen (secondary N) is 2. The van der Waals surface area contributed by atoms with Crippen LogP contribution in [-0.2, 0) is 16.4 Å². The van der Waals surface area contributed by atoms with Crippen LogP contribution in [0.25, 0.3) is 0 Å². The molecular weight excluding hydrogens is 483 g/mol. The second-order valence-corrected chi connectivity index (χ2v) is 10.0. The van der Waals surface area contributed by atoms with Crippen LogP contribution in [0.4, 0.5) is 5.13 Å². The minimum absolute atomic E-state index is 0.0328. The van der Waals surface area contributed by atoms with Crippen molar-refractivity contribution in [3.05, 3.63) is 63.6 Å². The van der Waals surface area contributed by atoms with Gasteiger partial charge >= 0.3 is 0 Å². The van der Waals surface area contributed by atoms with E-state index in [-0.39, 0.29) is 26.6 Å².